The van der Waals surface area contributed by atoms with Gasteiger partial charge in [-0.2, -0.15) is 0 Å². The van der Waals surface area contributed by atoms with E-state index in [9.17, 15) is 0 Å². The molecule has 4 heteroatoms. The predicted octanol–water partition coefficient (Wildman–Crippen LogP) is 4.66. The molecule has 1 heterocycles. The summed E-state index contributed by atoms with van der Waals surface area (Å²) in [5.74, 6) is 1.10. The first-order valence-electron chi connectivity index (χ1n) is 6.23. The Morgan fingerprint density at radius 2 is 1.80 bits per heavy atom. The molecular formula is C16H13BrN2O. The Morgan fingerprint density at radius 1 is 1.05 bits per heavy atom. The van der Waals surface area contributed by atoms with Gasteiger partial charge in [-0.25, -0.2) is 0 Å². The lowest BCUT2D eigenvalue weighted by Crippen LogP contribution is -1.89. The van der Waals surface area contributed by atoms with Crippen molar-refractivity contribution in [1.82, 2.24) is 5.16 Å². The second kappa shape index (κ2) is 5.13. The van der Waals surface area contributed by atoms with Crippen LogP contribution in [0.25, 0.3) is 22.5 Å². The van der Waals surface area contributed by atoms with Gasteiger partial charge in [0.1, 0.15) is 0 Å². The fourth-order valence-electron chi connectivity index (χ4n) is 2.21. The number of hydrogen-bond acceptors (Lipinski definition) is 3. The van der Waals surface area contributed by atoms with Gasteiger partial charge in [0.2, 0.25) is 0 Å². The molecule has 0 spiro atoms. The van der Waals surface area contributed by atoms with Crippen LogP contribution in [0.2, 0.25) is 0 Å². The number of anilines is 1. The minimum Gasteiger partial charge on any atom is -0.380 e. The number of nitrogens with two attached hydrogens (primary N) is 1. The molecule has 0 saturated carbocycles. The van der Waals surface area contributed by atoms with E-state index in [1.807, 2.05) is 49.4 Å². The molecule has 100 valence electrons. The van der Waals surface area contributed by atoms with Crippen molar-refractivity contribution in [1.29, 1.82) is 0 Å². The molecule has 3 nitrogen and oxygen atoms in total. The molecular weight excluding hydrogens is 316 g/mol. The van der Waals surface area contributed by atoms with Crippen LogP contribution in [0.1, 0.15) is 5.56 Å². The summed E-state index contributed by atoms with van der Waals surface area (Å²) < 4.78 is 6.43. The van der Waals surface area contributed by atoms with Gasteiger partial charge in [0.05, 0.1) is 5.56 Å². The highest BCUT2D eigenvalue weighted by molar-refractivity contribution is 9.10. The molecule has 3 rings (SSSR count). The fraction of sp³-hybridized carbons (Fsp3) is 0.0625. The Bertz CT molecular complexity index is 765. The number of benzene rings is 2. The molecule has 1 aromatic heterocycles. The maximum atomic E-state index is 5.98. The van der Waals surface area contributed by atoms with Crippen LogP contribution in [0, 0.1) is 6.92 Å². The van der Waals surface area contributed by atoms with Crippen LogP contribution in [0.5, 0.6) is 0 Å². The summed E-state index contributed by atoms with van der Waals surface area (Å²) in [5, 5.41) is 3.92. The molecule has 0 amide bonds. The van der Waals surface area contributed by atoms with Crippen molar-refractivity contribution in [3.05, 3.63) is 58.6 Å². The molecule has 2 N–H and O–H groups in total. The highest BCUT2D eigenvalue weighted by Gasteiger charge is 2.17. The van der Waals surface area contributed by atoms with Crippen molar-refractivity contribution in [2.45, 2.75) is 6.92 Å². The van der Waals surface area contributed by atoms with Crippen molar-refractivity contribution < 1.29 is 4.52 Å². The molecule has 3 aromatic rings. The minimum absolute atomic E-state index is 0.402. The summed E-state index contributed by atoms with van der Waals surface area (Å²) in [6.45, 7) is 2.04. The summed E-state index contributed by atoms with van der Waals surface area (Å²) in [6, 6.07) is 16.0. The third kappa shape index (κ3) is 2.34. The average Bonchev–Trinajstić information content (AvgIpc) is 2.80. The Hall–Kier alpha value is -2.07. The largest absolute Gasteiger partial charge is 0.380 e. The highest BCUT2D eigenvalue weighted by Crippen LogP contribution is 2.37. The Balaban J connectivity index is 2.20. The van der Waals surface area contributed by atoms with Crippen LogP contribution >= 0.6 is 15.9 Å². The average molecular weight is 329 g/mol. The second-order valence-electron chi connectivity index (χ2n) is 4.65. The molecule has 0 radical (unpaired) electrons. The molecule has 2 aromatic carbocycles. The molecule has 0 saturated heterocycles. The lowest BCUT2D eigenvalue weighted by Gasteiger charge is -2.04. The Labute approximate surface area is 125 Å². The van der Waals surface area contributed by atoms with E-state index in [-0.39, 0.29) is 0 Å². The first kappa shape index (κ1) is 12.9. The van der Waals surface area contributed by atoms with E-state index in [0.29, 0.717) is 11.6 Å². The number of nitrogens with zero attached hydrogens (tertiary/aromatic N) is 1. The van der Waals surface area contributed by atoms with E-state index in [2.05, 4.69) is 27.2 Å². The smallest absolute Gasteiger partial charge is 0.176 e. The number of nitrogen functional groups attached to an aromatic ring is 1. The van der Waals surface area contributed by atoms with E-state index >= 15 is 0 Å². The van der Waals surface area contributed by atoms with E-state index in [1.165, 1.54) is 0 Å². The van der Waals surface area contributed by atoms with Gasteiger partial charge < -0.3 is 10.3 Å². The van der Waals surface area contributed by atoms with Crippen LogP contribution in [-0.4, -0.2) is 5.16 Å². The molecule has 0 unspecified atom stereocenters. The first-order valence-corrected chi connectivity index (χ1v) is 7.02. The van der Waals surface area contributed by atoms with Crippen LogP contribution in [0.3, 0.4) is 0 Å². The van der Waals surface area contributed by atoms with Crippen LogP contribution in [0.4, 0.5) is 5.82 Å². The molecule has 0 aliphatic rings. The fourth-order valence-corrected chi connectivity index (χ4v) is 2.61. The summed E-state index contributed by atoms with van der Waals surface area (Å²) in [7, 11) is 0. The van der Waals surface area contributed by atoms with Gasteiger partial charge in [0, 0.05) is 10.0 Å². The summed E-state index contributed by atoms with van der Waals surface area (Å²) in [6.07, 6.45) is 0. The van der Waals surface area contributed by atoms with E-state index in [1.54, 1.807) is 0 Å². The van der Waals surface area contributed by atoms with E-state index in [0.717, 1.165) is 26.7 Å². The summed E-state index contributed by atoms with van der Waals surface area (Å²) in [4.78, 5) is 0. The van der Waals surface area contributed by atoms with Crippen molar-refractivity contribution >= 4 is 21.7 Å². The summed E-state index contributed by atoms with van der Waals surface area (Å²) >= 11 is 3.47. The van der Waals surface area contributed by atoms with Gasteiger partial charge in [-0.3, -0.25) is 0 Å². The highest BCUT2D eigenvalue weighted by atomic mass is 79.9. The molecule has 20 heavy (non-hydrogen) atoms. The minimum atomic E-state index is 0.402. The third-order valence-corrected chi connectivity index (χ3v) is 3.61. The van der Waals surface area contributed by atoms with Crippen LogP contribution in [-0.2, 0) is 0 Å². The molecule has 0 bridgehead atoms. The van der Waals surface area contributed by atoms with Gasteiger partial charge in [-0.05, 0) is 30.7 Å². The van der Waals surface area contributed by atoms with Gasteiger partial charge in [-0.15, -0.1) is 0 Å². The zero-order chi connectivity index (χ0) is 14.1. The normalized spacial score (nSPS) is 10.7. The molecule has 0 atom stereocenters. The SMILES string of the molecule is Cc1cccc(-c2onc(N)c2-c2cccc(Br)c2)c1. The van der Waals surface area contributed by atoms with Gasteiger partial charge in [-0.1, -0.05) is 57.0 Å². The van der Waals surface area contributed by atoms with Crippen molar-refractivity contribution in [3.8, 4) is 22.5 Å². The van der Waals surface area contributed by atoms with Gasteiger partial charge in [0.25, 0.3) is 0 Å². The maximum Gasteiger partial charge on any atom is 0.176 e. The van der Waals surface area contributed by atoms with Crippen LogP contribution < -0.4 is 5.73 Å². The predicted molar refractivity (Wildman–Crippen MR) is 84.2 cm³/mol. The van der Waals surface area contributed by atoms with Crippen LogP contribution in [0.15, 0.2) is 57.5 Å². The van der Waals surface area contributed by atoms with Gasteiger partial charge in [0.15, 0.2) is 11.6 Å². The Kier molecular flexibility index (Phi) is 3.32. The zero-order valence-corrected chi connectivity index (χ0v) is 12.5. The number of hydrogen-bond donors (Lipinski definition) is 1. The molecule has 0 fully saturated rings. The third-order valence-electron chi connectivity index (χ3n) is 3.11. The number of aryl methyl sites for hydroxylation is 1. The standard InChI is InChI=1S/C16H13BrN2O/c1-10-4-2-6-12(8-10)15-14(16(18)19-20-15)11-5-3-7-13(17)9-11/h2-9H,1H3,(H2,18,19). The molecule has 0 aliphatic carbocycles. The van der Waals surface area contributed by atoms with Crippen molar-refractivity contribution in [3.63, 3.8) is 0 Å². The second-order valence-corrected chi connectivity index (χ2v) is 5.57. The number of aromatic nitrogens is 1. The monoisotopic (exact) mass is 328 g/mol. The van der Waals surface area contributed by atoms with E-state index in [4.69, 9.17) is 10.3 Å². The van der Waals surface area contributed by atoms with Crippen molar-refractivity contribution in [2.24, 2.45) is 0 Å². The molecule has 0 aliphatic heterocycles. The topological polar surface area (TPSA) is 52.0 Å². The maximum absolute atomic E-state index is 5.98. The van der Waals surface area contributed by atoms with Gasteiger partial charge >= 0.3 is 0 Å². The zero-order valence-electron chi connectivity index (χ0n) is 10.9. The van der Waals surface area contributed by atoms with E-state index < -0.39 is 0 Å². The van der Waals surface area contributed by atoms with Crippen molar-refractivity contribution in [2.75, 3.05) is 5.73 Å². The summed E-state index contributed by atoms with van der Waals surface area (Å²) in [5.41, 5.74) is 9.93. The lowest BCUT2D eigenvalue weighted by atomic mass is 10.0. The first-order chi connectivity index (χ1) is 9.65. The number of rotatable bonds is 2. The lowest BCUT2D eigenvalue weighted by molar-refractivity contribution is 0.436. The Morgan fingerprint density at radius 3 is 2.55 bits per heavy atom. The number of halogens is 1. The quantitative estimate of drug-likeness (QED) is 0.744.